The van der Waals surface area contributed by atoms with Crippen molar-refractivity contribution in [3.8, 4) is 0 Å². The van der Waals surface area contributed by atoms with E-state index in [4.69, 9.17) is 4.74 Å². The van der Waals surface area contributed by atoms with Gasteiger partial charge in [-0.2, -0.15) is 0 Å². The summed E-state index contributed by atoms with van der Waals surface area (Å²) >= 11 is 0. The number of carboxylic acids is 1. The van der Waals surface area contributed by atoms with Crippen LogP contribution in [-0.2, 0) is 27.2 Å². The minimum absolute atomic E-state index is 0.0241. The van der Waals surface area contributed by atoms with E-state index in [0.717, 1.165) is 12.0 Å². The van der Waals surface area contributed by atoms with Gasteiger partial charge in [-0.05, 0) is 36.8 Å². The molecule has 1 aliphatic heterocycles. The first-order chi connectivity index (χ1) is 11.5. The first-order valence-electron chi connectivity index (χ1n) is 8.58. The molecule has 0 radical (unpaired) electrons. The molecule has 1 aromatic carbocycles. The summed E-state index contributed by atoms with van der Waals surface area (Å²) < 4.78 is 5.11. The maximum absolute atomic E-state index is 12.5. The number of ether oxygens (including phenoxy) is 1. The number of amides is 1. The number of methoxy groups -OCH3 is 1. The normalized spacial score (nSPS) is 20.8. The Labute approximate surface area is 143 Å². The second-order valence-electron chi connectivity index (χ2n) is 6.61. The molecule has 5 nitrogen and oxygen atoms in total. The van der Waals surface area contributed by atoms with Crippen LogP contribution in [-0.4, -0.2) is 48.7 Å². The van der Waals surface area contributed by atoms with E-state index < -0.39 is 11.4 Å². The summed E-state index contributed by atoms with van der Waals surface area (Å²) in [6, 6.07) is 8.31. The molecule has 5 heteroatoms. The van der Waals surface area contributed by atoms with Crippen molar-refractivity contribution in [2.24, 2.45) is 5.41 Å². The standard InChI is InChI=1S/C19H27NO4/c1-3-15-5-7-16(8-6-15)9-10-17(21)20-12-4-11-19(13-20,14-24-2)18(22)23/h5-8H,3-4,9-14H2,1-2H3,(H,22,23). The molecule has 0 aliphatic carbocycles. The van der Waals surface area contributed by atoms with Crippen LogP contribution < -0.4 is 0 Å². The molecular weight excluding hydrogens is 306 g/mol. The van der Waals surface area contributed by atoms with E-state index in [1.165, 1.54) is 12.7 Å². The fourth-order valence-corrected chi connectivity index (χ4v) is 3.33. The van der Waals surface area contributed by atoms with Crippen molar-refractivity contribution in [2.75, 3.05) is 26.8 Å². The average molecular weight is 333 g/mol. The number of carbonyl (C=O) groups excluding carboxylic acids is 1. The van der Waals surface area contributed by atoms with Gasteiger partial charge < -0.3 is 14.7 Å². The smallest absolute Gasteiger partial charge is 0.313 e. The van der Waals surface area contributed by atoms with Crippen molar-refractivity contribution >= 4 is 11.9 Å². The van der Waals surface area contributed by atoms with Crippen molar-refractivity contribution in [1.82, 2.24) is 4.90 Å². The molecule has 1 saturated heterocycles. The van der Waals surface area contributed by atoms with Crippen LogP contribution in [0.2, 0.25) is 0 Å². The molecule has 1 fully saturated rings. The number of piperidine rings is 1. The van der Waals surface area contributed by atoms with Gasteiger partial charge in [0.1, 0.15) is 5.41 Å². The van der Waals surface area contributed by atoms with Crippen LogP contribution in [0.1, 0.15) is 37.3 Å². The topological polar surface area (TPSA) is 66.8 Å². The molecule has 0 bridgehead atoms. The molecule has 1 N–H and O–H groups in total. The second-order valence-corrected chi connectivity index (χ2v) is 6.61. The Kier molecular flexibility index (Phi) is 6.37. The first-order valence-corrected chi connectivity index (χ1v) is 8.58. The summed E-state index contributed by atoms with van der Waals surface area (Å²) in [5, 5.41) is 9.56. The Morgan fingerprint density at radius 1 is 1.25 bits per heavy atom. The summed E-state index contributed by atoms with van der Waals surface area (Å²) in [5.41, 5.74) is 1.46. The predicted molar refractivity (Wildman–Crippen MR) is 91.9 cm³/mol. The number of benzene rings is 1. The fraction of sp³-hybridized carbons (Fsp3) is 0.579. The Morgan fingerprint density at radius 2 is 1.92 bits per heavy atom. The van der Waals surface area contributed by atoms with E-state index in [-0.39, 0.29) is 19.1 Å². The zero-order chi connectivity index (χ0) is 17.6. The van der Waals surface area contributed by atoms with Crippen LogP contribution in [0.4, 0.5) is 0 Å². The highest BCUT2D eigenvalue weighted by molar-refractivity contribution is 5.80. The van der Waals surface area contributed by atoms with Crippen LogP contribution in [0.15, 0.2) is 24.3 Å². The molecule has 132 valence electrons. The van der Waals surface area contributed by atoms with Gasteiger partial charge in [0, 0.05) is 26.6 Å². The molecule has 2 rings (SSSR count). The Hall–Kier alpha value is -1.88. The lowest BCUT2D eigenvalue weighted by Crippen LogP contribution is -2.52. The Balaban J connectivity index is 1.94. The van der Waals surface area contributed by atoms with Crippen molar-refractivity contribution in [2.45, 2.75) is 39.0 Å². The molecule has 24 heavy (non-hydrogen) atoms. The van der Waals surface area contributed by atoms with E-state index >= 15 is 0 Å². The Morgan fingerprint density at radius 3 is 2.50 bits per heavy atom. The van der Waals surface area contributed by atoms with Crippen LogP contribution in [0, 0.1) is 5.41 Å². The number of likely N-dealkylation sites (tertiary alicyclic amines) is 1. The number of hydrogen-bond acceptors (Lipinski definition) is 3. The van der Waals surface area contributed by atoms with Gasteiger partial charge >= 0.3 is 5.97 Å². The molecule has 1 amide bonds. The second kappa shape index (κ2) is 8.29. The van der Waals surface area contributed by atoms with Crippen molar-refractivity contribution in [1.29, 1.82) is 0 Å². The zero-order valence-corrected chi connectivity index (χ0v) is 14.6. The van der Waals surface area contributed by atoms with Gasteiger partial charge in [0.2, 0.25) is 5.91 Å². The van der Waals surface area contributed by atoms with Crippen LogP contribution >= 0.6 is 0 Å². The van der Waals surface area contributed by atoms with Gasteiger partial charge in [-0.15, -0.1) is 0 Å². The molecule has 1 aromatic rings. The van der Waals surface area contributed by atoms with Gasteiger partial charge in [-0.1, -0.05) is 31.2 Å². The summed E-state index contributed by atoms with van der Waals surface area (Å²) in [6.45, 7) is 3.13. The van der Waals surface area contributed by atoms with Crippen molar-refractivity contribution in [3.63, 3.8) is 0 Å². The van der Waals surface area contributed by atoms with E-state index in [2.05, 4.69) is 31.2 Å². The number of aryl methyl sites for hydroxylation is 2. The van der Waals surface area contributed by atoms with Crippen molar-refractivity contribution in [3.05, 3.63) is 35.4 Å². The minimum atomic E-state index is -0.967. The van der Waals surface area contributed by atoms with E-state index in [0.29, 0.717) is 32.2 Å². The molecule has 1 atom stereocenters. The van der Waals surface area contributed by atoms with Crippen LogP contribution in [0.3, 0.4) is 0 Å². The molecule has 0 aromatic heterocycles. The maximum atomic E-state index is 12.5. The largest absolute Gasteiger partial charge is 0.481 e. The third-order valence-corrected chi connectivity index (χ3v) is 4.86. The van der Waals surface area contributed by atoms with Gasteiger partial charge in [-0.3, -0.25) is 9.59 Å². The highest BCUT2D eigenvalue weighted by atomic mass is 16.5. The van der Waals surface area contributed by atoms with Crippen LogP contribution in [0.25, 0.3) is 0 Å². The molecule has 0 saturated carbocycles. The number of hydrogen-bond donors (Lipinski definition) is 1. The SMILES string of the molecule is CCc1ccc(CCC(=O)N2CCCC(COC)(C(=O)O)C2)cc1. The lowest BCUT2D eigenvalue weighted by Gasteiger charge is -2.39. The third kappa shape index (κ3) is 4.35. The van der Waals surface area contributed by atoms with E-state index in [1.54, 1.807) is 4.90 Å². The number of carbonyl (C=O) groups is 2. The molecule has 1 aliphatic rings. The molecular formula is C19H27NO4. The zero-order valence-electron chi connectivity index (χ0n) is 14.6. The number of rotatable bonds is 7. The predicted octanol–water partition coefficient (Wildman–Crippen LogP) is 2.52. The Bertz CT molecular complexity index is 565. The van der Waals surface area contributed by atoms with E-state index in [1.807, 2.05) is 0 Å². The summed E-state index contributed by atoms with van der Waals surface area (Å²) in [6.07, 6.45) is 3.35. The number of carboxylic acid groups (broad SMARTS) is 1. The van der Waals surface area contributed by atoms with Crippen molar-refractivity contribution < 1.29 is 19.4 Å². The highest BCUT2D eigenvalue weighted by Gasteiger charge is 2.43. The summed E-state index contributed by atoms with van der Waals surface area (Å²) in [4.78, 5) is 25.8. The van der Waals surface area contributed by atoms with E-state index in [9.17, 15) is 14.7 Å². The molecule has 1 heterocycles. The summed E-state index contributed by atoms with van der Waals surface area (Å²) in [5.74, 6) is -0.854. The highest BCUT2D eigenvalue weighted by Crippen LogP contribution is 2.31. The quantitative estimate of drug-likeness (QED) is 0.832. The lowest BCUT2D eigenvalue weighted by atomic mass is 9.80. The van der Waals surface area contributed by atoms with Gasteiger partial charge in [0.15, 0.2) is 0 Å². The van der Waals surface area contributed by atoms with Gasteiger partial charge in [0.25, 0.3) is 0 Å². The first kappa shape index (κ1) is 18.5. The number of aliphatic carboxylic acids is 1. The summed E-state index contributed by atoms with van der Waals surface area (Å²) in [7, 11) is 1.51. The lowest BCUT2D eigenvalue weighted by molar-refractivity contribution is -0.159. The fourth-order valence-electron chi connectivity index (χ4n) is 3.33. The van der Waals surface area contributed by atoms with Crippen LogP contribution in [0.5, 0.6) is 0 Å². The maximum Gasteiger partial charge on any atom is 0.313 e. The average Bonchev–Trinajstić information content (AvgIpc) is 2.60. The third-order valence-electron chi connectivity index (χ3n) is 4.86. The monoisotopic (exact) mass is 333 g/mol. The van der Waals surface area contributed by atoms with Gasteiger partial charge in [0.05, 0.1) is 6.61 Å². The molecule has 0 spiro atoms. The molecule has 1 unspecified atom stereocenters. The number of nitrogens with zero attached hydrogens (tertiary/aromatic N) is 1. The van der Waals surface area contributed by atoms with Gasteiger partial charge in [-0.25, -0.2) is 0 Å². The minimum Gasteiger partial charge on any atom is -0.481 e.